The van der Waals surface area contributed by atoms with Crippen LogP contribution in [0.2, 0.25) is 0 Å². The molecule has 3 heteroatoms. The highest BCUT2D eigenvalue weighted by Crippen LogP contribution is 2.49. The molecule has 0 saturated heterocycles. The second-order valence-corrected chi connectivity index (χ2v) is 6.97. The third kappa shape index (κ3) is 1.60. The molecular weight excluding hydrogens is 322 g/mol. The number of hydrogen-bond acceptors (Lipinski definition) is 2. The first-order valence-electron chi connectivity index (χ1n) is 8.75. The van der Waals surface area contributed by atoms with Gasteiger partial charge < -0.3 is 9.15 Å². The highest BCUT2D eigenvalue weighted by molar-refractivity contribution is 6.14. The number of aryl methyl sites for hydroxylation is 2. The monoisotopic (exact) mass is 338 g/mol. The fourth-order valence-corrected chi connectivity index (χ4v) is 4.34. The van der Waals surface area contributed by atoms with Gasteiger partial charge in [0.15, 0.2) is 6.20 Å². The zero-order valence-electron chi connectivity index (χ0n) is 14.5. The predicted molar refractivity (Wildman–Crippen MR) is 103 cm³/mol. The molecule has 1 aliphatic heterocycles. The first-order valence-corrected chi connectivity index (χ1v) is 8.75. The molecule has 5 aromatic rings. The molecule has 2 aromatic heterocycles. The molecule has 124 valence electrons. The molecule has 0 unspecified atom stereocenters. The lowest BCUT2D eigenvalue weighted by Gasteiger charge is -2.22. The largest absolute Gasteiger partial charge is 0.464 e. The van der Waals surface area contributed by atoms with Crippen molar-refractivity contribution in [3.8, 4) is 22.8 Å². The average Bonchev–Trinajstić information content (AvgIpc) is 3.12. The van der Waals surface area contributed by atoms with E-state index in [9.17, 15) is 0 Å². The van der Waals surface area contributed by atoms with Gasteiger partial charge in [-0.3, -0.25) is 0 Å². The highest BCUT2D eigenvalue weighted by atomic mass is 16.5. The summed E-state index contributed by atoms with van der Waals surface area (Å²) in [4.78, 5) is 0. The molecule has 1 aliphatic rings. The fraction of sp³-hybridized carbons (Fsp3) is 0.0870. The Morgan fingerprint density at radius 3 is 2.69 bits per heavy atom. The first-order chi connectivity index (χ1) is 12.7. The van der Waals surface area contributed by atoms with Gasteiger partial charge in [-0.05, 0) is 35.4 Å². The fourth-order valence-electron chi connectivity index (χ4n) is 4.34. The standard InChI is InChI=1S/C23H16NO2/c1-13-15-6-4-3-5-14(15)11-19-21(13)23-22-17(7-9-24(23)2)16-8-10-25-18(16)12-20(22)26-19/h3-12H,1-2H3/q+1. The molecule has 3 nitrogen and oxygen atoms in total. The summed E-state index contributed by atoms with van der Waals surface area (Å²) >= 11 is 0. The van der Waals surface area contributed by atoms with E-state index in [-0.39, 0.29) is 0 Å². The Hall–Kier alpha value is -3.33. The van der Waals surface area contributed by atoms with Gasteiger partial charge in [-0.2, -0.15) is 0 Å². The maximum Gasteiger partial charge on any atom is 0.228 e. The van der Waals surface area contributed by atoms with Crippen molar-refractivity contribution in [1.82, 2.24) is 0 Å². The smallest absolute Gasteiger partial charge is 0.228 e. The van der Waals surface area contributed by atoms with Gasteiger partial charge in [0.2, 0.25) is 5.69 Å². The van der Waals surface area contributed by atoms with Crippen molar-refractivity contribution < 1.29 is 13.7 Å². The van der Waals surface area contributed by atoms with Crippen molar-refractivity contribution in [1.29, 1.82) is 0 Å². The van der Waals surface area contributed by atoms with E-state index in [0.717, 1.165) is 33.2 Å². The van der Waals surface area contributed by atoms with Crippen LogP contribution in [0.15, 0.2) is 65.4 Å². The van der Waals surface area contributed by atoms with E-state index in [0.29, 0.717) is 0 Å². The van der Waals surface area contributed by atoms with Crippen LogP contribution in [-0.4, -0.2) is 0 Å². The maximum atomic E-state index is 6.40. The van der Waals surface area contributed by atoms with Crippen LogP contribution in [0.4, 0.5) is 0 Å². The van der Waals surface area contributed by atoms with Gasteiger partial charge in [0, 0.05) is 22.9 Å². The van der Waals surface area contributed by atoms with Crippen LogP contribution in [0.25, 0.3) is 43.8 Å². The molecule has 0 saturated carbocycles. The number of fused-ring (bicyclic) bond motifs is 5. The number of aromatic nitrogens is 1. The van der Waals surface area contributed by atoms with Gasteiger partial charge in [-0.25, -0.2) is 4.57 Å². The molecule has 0 N–H and O–H groups in total. The number of rotatable bonds is 0. The third-order valence-electron chi connectivity index (χ3n) is 5.55. The molecule has 0 radical (unpaired) electrons. The van der Waals surface area contributed by atoms with Crippen molar-refractivity contribution in [3.05, 3.63) is 66.6 Å². The van der Waals surface area contributed by atoms with Crippen molar-refractivity contribution in [3.63, 3.8) is 0 Å². The quantitative estimate of drug-likeness (QED) is 0.335. The Morgan fingerprint density at radius 2 is 1.77 bits per heavy atom. The Bertz CT molecular complexity index is 1380. The van der Waals surface area contributed by atoms with Gasteiger partial charge >= 0.3 is 0 Å². The second kappa shape index (κ2) is 4.64. The summed E-state index contributed by atoms with van der Waals surface area (Å²) in [6.45, 7) is 2.19. The van der Waals surface area contributed by atoms with E-state index >= 15 is 0 Å². The summed E-state index contributed by atoms with van der Waals surface area (Å²) in [6.07, 6.45) is 3.86. The van der Waals surface area contributed by atoms with E-state index in [4.69, 9.17) is 9.15 Å². The SMILES string of the molecule is Cc1c2c(cc3ccccc13)Oc1cc3occc3c3cc[n+](C)c-2c13. The molecule has 26 heavy (non-hydrogen) atoms. The topological polar surface area (TPSA) is 26.2 Å². The predicted octanol–water partition coefficient (Wildman–Crippen LogP) is 5.64. The minimum Gasteiger partial charge on any atom is -0.464 e. The molecule has 0 bridgehead atoms. The molecule has 3 heterocycles. The number of ether oxygens (including phenoxy) is 1. The van der Waals surface area contributed by atoms with Crippen LogP contribution in [0.3, 0.4) is 0 Å². The van der Waals surface area contributed by atoms with Crippen LogP contribution in [0.5, 0.6) is 11.5 Å². The van der Waals surface area contributed by atoms with E-state index in [1.54, 1.807) is 6.26 Å². The van der Waals surface area contributed by atoms with Gasteiger partial charge in [-0.15, -0.1) is 0 Å². The summed E-state index contributed by atoms with van der Waals surface area (Å²) < 4.78 is 14.3. The highest BCUT2D eigenvalue weighted by Gasteiger charge is 2.31. The van der Waals surface area contributed by atoms with Gasteiger partial charge in [0.25, 0.3) is 0 Å². The zero-order chi connectivity index (χ0) is 17.4. The van der Waals surface area contributed by atoms with Gasteiger partial charge in [0.05, 0.1) is 17.2 Å². The minimum absolute atomic E-state index is 0.855. The molecule has 0 fully saturated rings. The number of nitrogens with zero attached hydrogens (tertiary/aromatic N) is 1. The maximum absolute atomic E-state index is 6.40. The van der Waals surface area contributed by atoms with E-state index in [1.807, 2.05) is 12.1 Å². The van der Waals surface area contributed by atoms with E-state index in [2.05, 4.69) is 61.1 Å². The van der Waals surface area contributed by atoms with E-state index in [1.165, 1.54) is 27.6 Å². The summed E-state index contributed by atoms with van der Waals surface area (Å²) in [5.74, 6) is 1.76. The molecule has 3 aromatic carbocycles. The van der Waals surface area contributed by atoms with Crippen LogP contribution >= 0.6 is 0 Å². The lowest BCUT2D eigenvalue weighted by Crippen LogP contribution is -2.31. The second-order valence-electron chi connectivity index (χ2n) is 6.97. The zero-order valence-corrected chi connectivity index (χ0v) is 14.5. The van der Waals surface area contributed by atoms with E-state index < -0.39 is 0 Å². The Kier molecular flexibility index (Phi) is 2.48. The Balaban J connectivity index is 1.87. The summed E-state index contributed by atoms with van der Waals surface area (Å²) in [5.41, 5.74) is 4.48. The molecule has 0 aliphatic carbocycles. The average molecular weight is 338 g/mol. The number of benzene rings is 3. The van der Waals surface area contributed by atoms with Crippen molar-refractivity contribution >= 4 is 32.5 Å². The summed E-state index contributed by atoms with van der Waals surface area (Å²) in [5, 5.41) is 5.89. The number of hydrogen-bond donors (Lipinski definition) is 0. The molecule has 0 spiro atoms. The Morgan fingerprint density at radius 1 is 0.885 bits per heavy atom. The number of furan rings is 1. The van der Waals surface area contributed by atoms with Crippen LogP contribution in [0.1, 0.15) is 5.56 Å². The molecule has 6 rings (SSSR count). The normalized spacial score (nSPS) is 12.5. The van der Waals surface area contributed by atoms with Crippen molar-refractivity contribution in [2.75, 3.05) is 0 Å². The first kappa shape index (κ1) is 13.9. The van der Waals surface area contributed by atoms with Crippen LogP contribution in [-0.2, 0) is 7.05 Å². The summed E-state index contributed by atoms with van der Waals surface area (Å²) in [6, 6.07) is 16.8. The number of pyridine rings is 1. The van der Waals surface area contributed by atoms with Gasteiger partial charge in [-0.1, -0.05) is 24.3 Å². The lowest BCUT2D eigenvalue weighted by molar-refractivity contribution is -0.659. The molecular formula is C23H16NO2+. The molecule has 0 amide bonds. The third-order valence-corrected chi connectivity index (χ3v) is 5.55. The van der Waals surface area contributed by atoms with Gasteiger partial charge in [0.1, 0.15) is 24.1 Å². The summed E-state index contributed by atoms with van der Waals surface area (Å²) in [7, 11) is 2.10. The van der Waals surface area contributed by atoms with Crippen LogP contribution in [0, 0.1) is 6.92 Å². The molecule has 0 atom stereocenters. The lowest BCUT2D eigenvalue weighted by atomic mass is 9.91. The Labute approximate surface area is 150 Å². The van der Waals surface area contributed by atoms with Crippen molar-refractivity contribution in [2.45, 2.75) is 6.92 Å². The van der Waals surface area contributed by atoms with Crippen LogP contribution < -0.4 is 9.30 Å². The van der Waals surface area contributed by atoms with Crippen molar-refractivity contribution in [2.24, 2.45) is 7.05 Å². The minimum atomic E-state index is 0.855.